The summed E-state index contributed by atoms with van der Waals surface area (Å²) in [7, 11) is 1.60. The predicted octanol–water partition coefficient (Wildman–Crippen LogP) is 5.64. The lowest BCUT2D eigenvalue weighted by Gasteiger charge is -2.25. The fourth-order valence-electron chi connectivity index (χ4n) is 4.21. The number of anilines is 1. The molecular formula is C30H35N3O6. The molecule has 1 heterocycles. The quantitative estimate of drug-likeness (QED) is 0.218. The normalized spacial score (nSPS) is 18.4. The number of hydrogen-bond acceptors (Lipinski definition) is 7. The molecule has 0 fully saturated rings. The number of allylic oxidation sites excluding steroid dienone is 3. The largest absolute Gasteiger partial charge is 0.491 e. The molecule has 9 nitrogen and oxygen atoms in total. The first-order valence-electron chi connectivity index (χ1n) is 12.6. The molecule has 0 saturated heterocycles. The number of ether oxygens (including phenoxy) is 3. The Balaban J connectivity index is 1.86. The van der Waals surface area contributed by atoms with Crippen molar-refractivity contribution < 1.29 is 23.9 Å². The molecule has 0 aromatic heterocycles. The van der Waals surface area contributed by atoms with Gasteiger partial charge in [0.1, 0.15) is 19.0 Å². The van der Waals surface area contributed by atoms with Gasteiger partial charge in [0.2, 0.25) is 6.04 Å². The van der Waals surface area contributed by atoms with Gasteiger partial charge in [-0.2, -0.15) is 0 Å². The summed E-state index contributed by atoms with van der Waals surface area (Å²) in [4.78, 5) is 24.3. The van der Waals surface area contributed by atoms with E-state index in [4.69, 9.17) is 14.2 Å². The molecule has 3 rings (SSSR count). The number of rotatable bonds is 11. The van der Waals surface area contributed by atoms with E-state index in [1.165, 1.54) is 0 Å². The zero-order valence-electron chi connectivity index (χ0n) is 22.5. The minimum absolute atomic E-state index is 0.127. The maximum Gasteiger partial charge on any atom is 0.411 e. The molecule has 2 aromatic rings. The lowest BCUT2D eigenvalue weighted by Crippen LogP contribution is -2.28. The molecule has 0 aliphatic carbocycles. The van der Waals surface area contributed by atoms with E-state index in [0.717, 1.165) is 5.56 Å². The Morgan fingerprint density at radius 3 is 2.64 bits per heavy atom. The van der Waals surface area contributed by atoms with E-state index in [-0.39, 0.29) is 11.5 Å². The summed E-state index contributed by atoms with van der Waals surface area (Å²) >= 11 is 0. The van der Waals surface area contributed by atoms with Crippen LogP contribution in [0.5, 0.6) is 0 Å². The third kappa shape index (κ3) is 8.31. The van der Waals surface area contributed by atoms with Crippen molar-refractivity contribution in [3.05, 3.63) is 123 Å². The van der Waals surface area contributed by atoms with Crippen LogP contribution in [0, 0.1) is 17.0 Å². The minimum Gasteiger partial charge on any atom is -0.491 e. The van der Waals surface area contributed by atoms with E-state index in [0.29, 0.717) is 53.5 Å². The van der Waals surface area contributed by atoms with Crippen molar-refractivity contribution in [1.29, 1.82) is 0 Å². The summed E-state index contributed by atoms with van der Waals surface area (Å²) < 4.78 is 16.1. The number of carbonyl (C=O) groups is 1. The number of amides is 1. The van der Waals surface area contributed by atoms with Crippen LogP contribution >= 0.6 is 0 Å². The summed E-state index contributed by atoms with van der Waals surface area (Å²) in [6.07, 6.45) is 6.61. The van der Waals surface area contributed by atoms with Gasteiger partial charge >= 0.3 is 6.09 Å². The van der Waals surface area contributed by atoms with Crippen LogP contribution < -0.4 is 10.6 Å². The second-order valence-corrected chi connectivity index (χ2v) is 9.02. The summed E-state index contributed by atoms with van der Waals surface area (Å²) in [5, 5.41) is 18.0. The maximum absolute atomic E-state index is 12.6. The van der Waals surface area contributed by atoms with Gasteiger partial charge in [0.05, 0.1) is 12.5 Å². The maximum atomic E-state index is 12.6. The third-order valence-corrected chi connectivity index (χ3v) is 6.36. The fourth-order valence-corrected chi connectivity index (χ4v) is 4.21. The van der Waals surface area contributed by atoms with Gasteiger partial charge in [0.15, 0.2) is 0 Å². The number of nitrogens with zero attached hydrogens (tertiary/aromatic N) is 1. The molecule has 9 heteroatoms. The highest BCUT2D eigenvalue weighted by Gasteiger charge is 2.34. The van der Waals surface area contributed by atoms with E-state index < -0.39 is 18.1 Å². The molecule has 0 spiro atoms. The zero-order chi connectivity index (χ0) is 28.2. The van der Waals surface area contributed by atoms with E-state index in [9.17, 15) is 14.9 Å². The van der Waals surface area contributed by atoms with Crippen molar-refractivity contribution >= 4 is 11.8 Å². The lowest BCUT2D eigenvalue weighted by atomic mass is 9.80. The Kier molecular flexibility index (Phi) is 10.9. The summed E-state index contributed by atoms with van der Waals surface area (Å²) in [6.45, 7) is 9.02. The van der Waals surface area contributed by atoms with Gasteiger partial charge in [-0.1, -0.05) is 55.1 Å². The average Bonchev–Trinajstić information content (AvgIpc) is 3.01. The molecular weight excluding hydrogens is 498 g/mol. The van der Waals surface area contributed by atoms with Crippen LogP contribution in [0.4, 0.5) is 10.5 Å². The van der Waals surface area contributed by atoms with E-state index in [1.807, 2.05) is 49.4 Å². The SMILES string of the molecule is C=C1/C=C\C(OCCOC)=C/CN/C=C\1C(c1cccc(NC(=O)OCc2ccccc2)c1C)C(C)[N+](=O)[O-]. The van der Waals surface area contributed by atoms with Crippen molar-refractivity contribution in [3.63, 3.8) is 0 Å². The van der Waals surface area contributed by atoms with Gasteiger partial charge in [-0.3, -0.25) is 15.4 Å². The number of carbonyl (C=O) groups excluding carboxylic acids is 1. The Labute approximate surface area is 229 Å². The summed E-state index contributed by atoms with van der Waals surface area (Å²) in [5.74, 6) is -0.00619. The van der Waals surface area contributed by atoms with Crippen molar-refractivity contribution in [3.8, 4) is 0 Å². The molecule has 2 atom stereocenters. The standard InChI is InChI=1S/C30H35N3O6/c1-21-13-14-25(38-18-17-37-4)15-16-31-19-27(21)29(23(3)33(35)36)26-11-8-12-28(22(26)2)32-30(34)39-20-24-9-6-5-7-10-24/h5-15,19,23,29,31H,1,16-18,20H2,2-4H3,(H,32,34)/b14-13-,25-15+,27-19+. The van der Waals surface area contributed by atoms with E-state index in [2.05, 4.69) is 17.2 Å². The molecule has 1 amide bonds. The van der Waals surface area contributed by atoms with Crippen molar-refractivity contribution in [2.45, 2.75) is 32.4 Å². The highest BCUT2D eigenvalue weighted by molar-refractivity contribution is 5.86. The Bertz CT molecular complexity index is 1250. The first-order valence-corrected chi connectivity index (χ1v) is 12.6. The smallest absolute Gasteiger partial charge is 0.411 e. The Morgan fingerprint density at radius 1 is 1.15 bits per heavy atom. The molecule has 0 radical (unpaired) electrons. The van der Waals surface area contributed by atoms with Crippen molar-refractivity contribution in [2.24, 2.45) is 0 Å². The molecule has 2 N–H and O–H groups in total. The van der Waals surface area contributed by atoms with Crippen LogP contribution in [0.1, 0.15) is 29.5 Å². The second-order valence-electron chi connectivity index (χ2n) is 9.02. The number of nitro groups is 1. The monoisotopic (exact) mass is 533 g/mol. The number of benzene rings is 2. The Morgan fingerprint density at radius 2 is 1.92 bits per heavy atom. The van der Waals surface area contributed by atoms with Crippen LogP contribution in [-0.2, 0) is 20.8 Å². The number of hydrogen-bond donors (Lipinski definition) is 2. The molecule has 0 saturated carbocycles. The minimum atomic E-state index is -0.978. The summed E-state index contributed by atoms with van der Waals surface area (Å²) in [5.41, 5.74) is 4.04. The van der Waals surface area contributed by atoms with Gasteiger partial charge < -0.3 is 19.5 Å². The number of nitrogens with one attached hydrogen (secondary N) is 2. The topological polar surface area (TPSA) is 112 Å². The molecule has 2 unspecified atom stereocenters. The second kappa shape index (κ2) is 14.5. The zero-order valence-corrected chi connectivity index (χ0v) is 22.5. The lowest BCUT2D eigenvalue weighted by molar-refractivity contribution is -0.520. The van der Waals surface area contributed by atoms with Crippen molar-refractivity contribution in [2.75, 3.05) is 32.2 Å². The van der Waals surface area contributed by atoms with Gasteiger partial charge in [-0.25, -0.2) is 4.79 Å². The molecule has 1 aliphatic heterocycles. The molecule has 1 aliphatic rings. The molecule has 206 valence electrons. The first-order chi connectivity index (χ1) is 18.8. The average molecular weight is 534 g/mol. The van der Waals surface area contributed by atoms with Crippen LogP contribution in [0.2, 0.25) is 0 Å². The third-order valence-electron chi connectivity index (χ3n) is 6.36. The fraction of sp³-hybridized carbons (Fsp3) is 0.300. The number of methoxy groups -OCH3 is 1. The van der Waals surface area contributed by atoms with Crippen molar-refractivity contribution in [1.82, 2.24) is 5.32 Å². The van der Waals surface area contributed by atoms with Gasteiger partial charge in [0, 0.05) is 37.4 Å². The van der Waals surface area contributed by atoms with Gasteiger partial charge in [0.25, 0.3) is 0 Å². The first kappa shape index (κ1) is 29.2. The molecule has 2 aromatic carbocycles. The van der Waals surface area contributed by atoms with Crippen LogP contribution in [0.25, 0.3) is 0 Å². The molecule has 39 heavy (non-hydrogen) atoms. The summed E-state index contributed by atoms with van der Waals surface area (Å²) in [6, 6.07) is 13.7. The highest BCUT2D eigenvalue weighted by Crippen LogP contribution is 2.37. The van der Waals surface area contributed by atoms with Gasteiger partial charge in [-0.15, -0.1) is 0 Å². The highest BCUT2D eigenvalue weighted by atomic mass is 16.6. The molecule has 0 bridgehead atoms. The van der Waals surface area contributed by atoms with E-state index in [1.54, 1.807) is 44.5 Å². The van der Waals surface area contributed by atoms with Gasteiger partial charge in [-0.05, 0) is 53.0 Å². The predicted molar refractivity (Wildman–Crippen MR) is 151 cm³/mol. The Hall–Kier alpha value is -4.37. The van der Waals surface area contributed by atoms with E-state index >= 15 is 0 Å². The van der Waals surface area contributed by atoms with Crippen LogP contribution in [0.3, 0.4) is 0 Å². The van der Waals surface area contributed by atoms with Crippen LogP contribution in [-0.4, -0.2) is 43.9 Å². The van der Waals surface area contributed by atoms with Crippen LogP contribution in [0.15, 0.2) is 96.4 Å².